The molecule has 1 aliphatic rings. The molecule has 4 unspecified atom stereocenters. The molecule has 0 aromatic heterocycles. The first-order valence-corrected chi connectivity index (χ1v) is 13.3. The summed E-state index contributed by atoms with van der Waals surface area (Å²) in [5, 5.41) is 13.6. The molecule has 0 spiro atoms. The standard InChI is InChI=1S/C26H34N2O6S/c1-4-19(26(31)28-25-23-8-6-5-7-20(23)15-24(25)34-3)14-21(30)16-27-35(32,33)22-11-9-18(10-12-22)13-17(2)29/h5-12,19,21,24-25,27,30H,4,13-16H2,1-3H3,(H,28,31). The Bertz CT molecular complexity index is 1130. The van der Waals surface area contributed by atoms with Gasteiger partial charge in [0.1, 0.15) is 5.78 Å². The van der Waals surface area contributed by atoms with Crippen LogP contribution in [0.15, 0.2) is 53.4 Å². The minimum Gasteiger partial charge on any atom is -0.392 e. The molecule has 8 nitrogen and oxygen atoms in total. The fourth-order valence-corrected chi connectivity index (χ4v) is 5.53. The second kappa shape index (κ2) is 11.9. The quantitative estimate of drug-likeness (QED) is 0.409. The number of methoxy groups -OCH3 is 1. The van der Waals surface area contributed by atoms with Crippen molar-refractivity contribution in [2.24, 2.45) is 5.92 Å². The van der Waals surface area contributed by atoms with Gasteiger partial charge in [0.2, 0.25) is 15.9 Å². The van der Waals surface area contributed by atoms with Crippen molar-refractivity contribution in [1.29, 1.82) is 0 Å². The van der Waals surface area contributed by atoms with E-state index in [9.17, 15) is 23.1 Å². The van der Waals surface area contributed by atoms with Crippen LogP contribution in [0.4, 0.5) is 0 Å². The number of aliphatic hydroxyl groups excluding tert-OH is 1. The maximum absolute atomic E-state index is 13.0. The number of rotatable bonds is 12. The number of amides is 1. The van der Waals surface area contributed by atoms with E-state index in [2.05, 4.69) is 10.0 Å². The van der Waals surface area contributed by atoms with Crippen LogP contribution in [0.5, 0.6) is 0 Å². The number of benzene rings is 2. The van der Waals surface area contributed by atoms with E-state index in [1.807, 2.05) is 31.2 Å². The van der Waals surface area contributed by atoms with Crippen molar-refractivity contribution < 1.29 is 27.9 Å². The van der Waals surface area contributed by atoms with E-state index in [0.717, 1.165) is 16.7 Å². The molecule has 190 valence electrons. The Labute approximate surface area is 207 Å². The molecule has 9 heteroatoms. The van der Waals surface area contributed by atoms with Gasteiger partial charge in [-0.05, 0) is 48.6 Å². The monoisotopic (exact) mass is 502 g/mol. The molecule has 1 aliphatic carbocycles. The molecule has 0 saturated heterocycles. The normalized spacial score (nSPS) is 19.1. The van der Waals surface area contributed by atoms with Crippen molar-refractivity contribution in [2.75, 3.05) is 13.7 Å². The smallest absolute Gasteiger partial charge is 0.240 e. The summed E-state index contributed by atoms with van der Waals surface area (Å²) in [7, 11) is -2.21. The average Bonchev–Trinajstić information content (AvgIpc) is 3.18. The number of ether oxygens (including phenoxy) is 1. The fraction of sp³-hybridized carbons (Fsp3) is 0.462. The van der Waals surface area contributed by atoms with Crippen molar-refractivity contribution in [3.8, 4) is 0 Å². The van der Waals surface area contributed by atoms with Gasteiger partial charge in [-0.15, -0.1) is 0 Å². The lowest BCUT2D eigenvalue weighted by Crippen LogP contribution is -2.40. The third-order valence-electron chi connectivity index (χ3n) is 6.40. The van der Waals surface area contributed by atoms with E-state index in [1.165, 1.54) is 19.1 Å². The van der Waals surface area contributed by atoms with E-state index in [-0.39, 0.29) is 48.1 Å². The van der Waals surface area contributed by atoms with Crippen molar-refractivity contribution in [1.82, 2.24) is 10.0 Å². The third-order valence-corrected chi connectivity index (χ3v) is 7.84. The lowest BCUT2D eigenvalue weighted by Gasteiger charge is -2.25. The Morgan fingerprint density at radius 1 is 1.14 bits per heavy atom. The third kappa shape index (κ3) is 6.98. The molecule has 3 rings (SSSR count). The molecule has 2 aromatic carbocycles. The second-order valence-electron chi connectivity index (χ2n) is 9.03. The topological polar surface area (TPSA) is 122 Å². The van der Waals surface area contributed by atoms with Crippen molar-refractivity contribution in [3.63, 3.8) is 0 Å². The number of hydrogen-bond acceptors (Lipinski definition) is 6. The highest BCUT2D eigenvalue weighted by molar-refractivity contribution is 7.89. The van der Waals surface area contributed by atoms with E-state index in [4.69, 9.17) is 4.74 Å². The molecule has 0 aliphatic heterocycles. The fourth-order valence-electron chi connectivity index (χ4n) is 4.45. The minimum absolute atomic E-state index is 0.00810. The Morgan fingerprint density at radius 3 is 2.46 bits per heavy atom. The average molecular weight is 503 g/mol. The molecule has 0 bridgehead atoms. The summed E-state index contributed by atoms with van der Waals surface area (Å²) in [4.78, 5) is 24.3. The van der Waals surface area contributed by atoms with Crippen LogP contribution >= 0.6 is 0 Å². The van der Waals surface area contributed by atoms with Gasteiger partial charge in [0.25, 0.3) is 0 Å². The molecule has 2 aromatic rings. The SMILES string of the molecule is CCC(CC(O)CNS(=O)(=O)c1ccc(CC(C)=O)cc1)C(=O)NC1c2ccccc2CC1OC. The van der Waals surface area contributed by atoms with Crippen molar-refractivity contribution in [3.05, 3.63) is 65.2 Å². The first-order valence-electron chi connectivity index (χ1n) is 11.8. The van der Waals surface area contributed by atoms with E-state index >= 15 is 0 Å². The number of ketones is 1. The number of hydrogen-bond donors (Lipinski definition) is 3. The zero-order chi connectivity index (χ0) is 25.6. The van der Waals surface area contributed by atoms with Gasteiger partial charge in [-0.25, -0.2) is 13.1 Å². The number of fused-ring (bicyclic) bond motifs is 1. The van der Waals surface area contributed by atoms with Crippen LogP contribution in [-0.4, -0.2) is 51.1 Å². The number of carbonyl (C=O) groups is 2. The van der Waals surface area contributed by atoms with Gasteiger partial charge in [0, 0.05) is 32.4 Å². The predicted molar refractivity (Wildman–Crippen MR) is 132 cm³/mol. The van der Waals surface area contributed by atoms with E-state index < -0.39 is 22.0 Å². The highest BCUT2D eigenvalue weighted by Crippen LogP contribution is 2.33. The van der Waals surface area contributed by atoms with Gasteiger partial charge in [-0.2, -0.15) is 0 Å². The maximum atomic E-state index is 13.0. The maximum Gasteiger partial charge on any atom is 0.240 e. The lowest BCUT2D eigenvalue weighted by atomic mass is 9.96. The summed E-state index contributed by atoms with van der Waals surface area (Å²) in [6, 6.07) is 13.7. The van der Waals surface area contributed by atoms with Crippen LogP contribution in [0.2, 0.25) is 0 Å². The molecular formula is C26H34N2O6S. The minimum atomic E-state index is -3.84. The van der Waals surface area contributed by atoms with Gasteiger partial charge in [0.15, 0.2) is 0 Å². The Balaban J connectivity index is 1.56. The van der Waals surface area contributed by atoms with Crippen LogP contribution in [0.3, 0.4) is 0 Å². The van der Waals surface area contributed by atoms with Crippen LogP contribution in [0, 0.1) is 5.92 Å². The number of aliphatic hydroxyl groups is 1. The zero-order valence-electron chi connectivity index (χ0n) is 20.4. The number of Topliss-reactive ketones (excluding diaryl/α,β-unsaturated/α-hetero) is 1. The molecule has 0 saturated carbocycles. The summed E-state index contributed by atoms with van der Waals surface area (Å²) >= 11 is 0. The van der Waals surface area contributed by atoms with Gasteiger partial charge in [-0.3, -0.25) is 9.59 Å². The largest absolute Gasteiger partial charge is 0.392 e. The van der Waals surface area contributed by atoms with Gasteiger partial charge >= 0.3 is 0 Å². The Morgan fingerprint density at radius 2 is 1.83 bits per heavy atom. The highest BCUT2D eigenvalue weighted by Gasteiger charge is 2.35. The number of carbonyl (C=O) groups excluding carboxylic acids is 2. The summed E-state index contributed by atoms with van der Waals surface area (Å²) in [5.41, 5.74) is 2.90. The van der Waals surface area contributed by atoms with Crippen molar-refractivity contribution >= 4 is 21.7 Å². The molecule has 35 heavy (non-hydrogen) atoms. The first kappa shape index (κ1) is 27.0. The summed E-state index contributed by atoms with van der Waals surface area (Å²) in [5.74, 6) is -0.684. The van der Waals surface area contributed by atoms with E-state index in [0.29, 0.717) is 12.8 Å². The Kier molecular flexibility index (Phi) is 9.18. The molecule has 0 radical (unpaired) electrons. The zero-order valence-corrected chi connectivity index (χ0v) is 21.2. The molecule has 4 atom stereocenters. The van der Waals surface area contributed by atoms with Crippen LogP contribution < -0.4 is 10.0 Å². The highest BCUT2D eigenvalue weighted by atomic mass is 32.2. The second-order valence-corrected chi connectivity index (χ2v) is 10.8. The van der Waals surface area contributed by atoms with Gasteiger partial charge in [0.05, 0.1) is 23.1 Å². The van der Waals surface area contributed by atoms with Crippen LogP contribution in [0.1, 0.15) is 49.4 Å². The lowest BCUT2D eigenvalue weighted by molar-refractivity contribution is -0.127. The van der Waals surface area contributed by atoms with Crippen molar-refractivity contribution in [2.45, 2.75) is 62.7 Å². The molecule has 0 fully saturated rings. The molecule has 3 N–H and O–H groups in total. The molecule has 0 heterocycles. The summed E-state index contributed by atoms with van der Waals surface area (Å²) < 4.78 is 33.2. The first-order chi connectivity index (χ1) is 16.6. The summed E-state index contributed by atoms with van der Waals surface area (Å²) in [6.45, 7) is 3.12. The summed E-state index contributed by atoms with van der Waals surface area (Å²) in [6.07, 6.45) is 0.381. The van der Waals surface area contributed by atoms with Gasteiger partial charge < -0.3 is 15.2 Å². The van der Waals surface area contributed by atoms with Gasteiger partial charge in [-0.1, -0.05) is 43.3 Å². The predicted octanol–water partition coefficient (Wildman–Crippen LogP) is 2.30. The molecule has 1 amide bonds. The molecular weight excluding hydrogens is 468 g/mol. The van der Waals surface area contributed by atoms with Crippen LogP contribution in [0.25, 0.3) is 0 Å². The van der Waals surface area contributed by atoms with Crippen LogP contribution in [-0.2, 0) is 37.2 Å². The number of sulfonamides is 1. The van der Waals surface area contributed by atoms with E-state index in [1.54, 1.807) is 19.2 Å². The Hall–Kier alpha value is -2.59. The number of nitrogens with one attached hydrogen (secondary N) is 2.